The molecule has 0 N–H and O–H groups in total. The quantitative estimate of drug-likeness (QED) is 0.532. The van der Waals surface area contributed by atoms with E-state index >= 15 is 0 Å². The topological polar surface area (TPSA) is 12.9 Å². The van der Waals surface area contributed by atoms with Gasteiger partial charge in [-0.2, -0.15) is 20.5 Å². The van der Waals surface area contributed by atoms with Gasteiger partial charge in [0, 0.05) is 18.5 Å². The van der Waals surface area contributed by atoms with Gasteiger partial charge in [0.15, 0.2) is 0 Å². The molecule has 0 saturated heterocycles. The molecule has 0 saturated carbocycles. The number of rotatable bonds is 1. The molecular formula is C8H13BN-. The Kier molecular flexibility index (Phi) is 1.79. The third-order valence-corrected chi connectivity index (χ3v) is 1.71. The van der Waals surface area contributed by atoms with Crippen LogP contribution in [0.2, 0.25) is 20.5 Å². The number of nitrogens with zero attached hydrogens (tertiary/aromatic N) is 1. The van der Waals surface area contributed by atoms with Crippen molar-refractivity contribution in [2.75, 3.05) is 0 Å². The normalized spacial score (nSPS) is 11.5. The van der Waals surface area contributed by atoms with Gasteiger partial charge in [0.1, 0.15) is 0 Å². The van der Waals surface area contributed by atoms with Gasteiger partial charge in [-0.05, 0) is 0 Å². The highest BCUT2D eigenvalue weighted by Crippen LogP contribution is 1.99. The average Bonchev–Trinajstić information content (AvgIpc) is 1.88. The van der Waals surface area contributed by atoms with E-state index in [4.69, 9.17) is 0 Å². The SMILES string of the molecule is C[B-](C)(C)c1ccncc1. The summed E-state index contributed by atoms with van der Waals surface area (Å²) in [6.07, 6.45) is 3.36. The van der Waals surface area contributed by atoms with E-state index in [0.29, 0.717) is 0 Å². The van der Waals surface area contributed by atoms with Crippen molar-refractivity contribution in [1.82, 2.24) is 4.98 Å². The van der Waals surface area contributed by atoms with Crippen LogP contribution in [-0.2, 0) is 0 Å². The molecule has 0 spiro atoms. The molecular weight excluding hydrogens is 121 g/mol. The first-order chi connectivity index (χ1) is 4.61. The number of hydrogen-bond acceptors (Lipinski definition) is 1. The monoisotopic (exact) mass is 134 g/mol. The van der Waals surface area contributed by atoms with Gasteiger partial charge < -0.3 is 0 Å². The number of hydrogen-bond donors (Lipinski definition) is 0. The van der Waals surface area contributed by atoms with Crippen molar-refractivity contribution in [2.45, 2.75) is 20.5 Å². The third kappa shape index (κ3) is 1.60. The second-order valence-corrected chi connectivity index (χ2v) is 3.88. The van der Waals surface area contributed by atoms with Crippen LogP contribution in [0.5, 0.6) is 0 Å². The molecule has 2 heteroatoms. The maximum atomic E-state index is 3.97. The largest absolute Gasteiger partial charge is 0.265 e. The molecule has 54 valence electrons. The van der Waals surface area contributed by atoms with Crippen LogP contribution in [0.1, 0.15) is 0 Å². The minimum atomic E-state index is -0.344. The summed E-state index contributed by atoms with van der Waals surface area (Å²) in [4.78, 5) is 3.97. The molecule has 0 aliphatic rings. The minimum absolute atomic E-state index is 0.344. The molecule has 1 aromatic heterocycles. The third-order valence-electron chi connectivity index (χ3n) is 1.71. The zero-order valence-corrected chi connectivity index (χ0v) is 6.83. The predicted octanol–water partition coefficient (Wildman–Crippen LogP) is 1.63. The van der Waals surface area contributed by atoms with Crippen LogP contribution < -0.4 is 5.46 Å². The molecule has 0 unspecified atom stereocenters. The Hall–Kier alpha value is -0.785. The standard InChI is InChI=1S/C8H13BN/c1-9(2,3)8-4-6-10-7-5-8/h4-7H,1-3H3/q-1. The molecule has 10 heavy (non-hydrogen) atoms. The van der Waals surface area contributed by atoms with Crippen molar-refractivity contribution < 1.29 is 0 Å². The van der Waals surface area contributed by atoms with Gasteiger partial charge in [0.05, 0.1) is 0 Å². The van der Waals surface area contributed by atoms with Crippen LogP contribution in [0.15, 0.2) is 24.5 Å². The van der Waals surface area contributed by atoms with Gasteiger partial charge in [0.25, 0.3) is 0 Å². The van der Waals surface area contributed by atoms with E-state index in [1.165, 1.54) is 5.46 Å². The molecule has 1 aromatic rings. The first-order valence-electron chi connectivity index (χ1n) is 3.78. The Labute approximate surface area is 62.4 Å². The van der Waals surface area contributed by atoms with Crippen molar-refractivity contribution >= 4 is 11.6 Å². The Morgan fingerprint density at radius 2 is 1.60 bits per heavy atom. The molecule has 1 nitrogen and oxygen atoms in total. The lowest BCUT2D eigenvalue weighted by Crippen LogP contribution is -2.37. The van der Waals surface area contributed by atoms with Gasteiger partial charge in [0.2, 0.25) is 0 Å². The highest BCUT2D eigenvalue weighted by molar-refractivity contribution is 6.88. The Morgan fingerprint density at radius 3 is 1.90 bits per heavy atom. The van der Waals surface area contributed by atoms with Crippen molar-refractivity contribution in [3.8, 4) is 0 Å². The fourth-order valence-corrected chi connectivity index (χ4v) is 0.941. The highest BCUT2D eigenvalue weighted by Gasteiger charge is 2.05. The molecule has 1 heterocycles. The van der Waals surface area contributed by atoms with Crippen molar-refractivity contribution in [2.24, 2.45) is 0 Å². The fraction of sp³-hybridized carbons (Fsp3) is 0.375. The first kappa shape index (κ1) is 7.32. The van der Waals surface area contributed by atoms with Crippen LogP contribution in [0, 0.1) is 0 Å². The van der Waals surface area contributed by atoms with Crippen LogP contribution in [0.3, 0.4) is 0 Å². The lowest BCUT2D eigenvalue weighted by atomic mass is 9.27. The van der Waals surface area contributed by atoms with Crippen molar-refractivity contribution in [3.63, 3.8) is 0 Å². The van der Waals surface area contributed by atoms with Crippen LogP contribution in [0.25, 0.3) is 0 Å². The Balaban J connectivity index is 2.97. The lowest BCUT2D eigenvalue weighted by molar-refractivity contribution is 1.34. The molecule has 0 aromatic carbocycles. The lowest BCUT2D eigenvalue weighted by Gasteiger charge is -2.24. The summed E-state index contributed by atoms with van der Waals surface area (Å²) in [5.74, 6) is 0. The molecule has 0 bridgehead atoms. The van der Waals surface area contributed by atoms with Crippen molar-refractivity contribution in [3.05, 3.63) is 24.5 Å². The number of aromatic nitrogens is 1. The zero-order chi connectivity index (χ0) is 7.61. The van der Waals surface area contributed by atoms with E-state index < -0.39 is 0 Å². The van der Waals surface area contributed by atoms with E-state index in [9.17, 15) is 0 Å². The molecule has 0 radical (unpaired) electrons. The van der Waals surface area contributed by atoms with E-state index in [-0.39, 0.29) is 6.15 Å². The molecule has 0 amide bonds. The maximum absolute atomic E-state index is 3.97. The fourth-order valence-electron chi connectivity index (χ4n) is 0.941. The summed E-state index contributed by atoms with van der Waals surface area (Å²) in [5, 5.41) is 0. The summed E-state index contributed by atoms with van der Waals surface area (Å²) < 4.78 is 0. The summed E-state index contributed by atoms with van der Waals surface area (Å²) in [5.41, 5.74) is 1.40. The number of pyridine rings is 1. The van der Waals surface area contributed by atoms with Gasteiger partial charge in [-0.25, -0.2) is 5.46 Å². The second kappa shape index (κ2) is 2.45. The Bertz CT molecular complexity index is 200. The summed E-state index contributed by atoms with van der Waals surface area (Å²) in [6, 6.07) is 4.17. The van der Waals surface area contributed by atoms with Gasteiger partial charge in [-0.3, -0.25) is 4.98 Å². The van der Waals surface area contributed by atoms with E-state index in [1.807, 2.05) is 12.4 Å². The summed E-state index contributed by atoms with van der Waals surface area (Å²) in [6.45, 7) is 6.78. The van der Waals surface area contributed by atoms with E-state index in [1.54, 1.807) is 0 Å². The summed E-state index contributed by atoms with van der Waals surface area (Å²) in [7, 11) is 0. The molecule has 0 aliphatic carbocycles. The van der Waals surface area contributed by atoms with Crippen LogP contribution in [-0.4, -0.2) is 11.1 Å². The highest BCUT2D eigenvalue weighted by atomic mass is 14.6. The average molecular weight is 134 g/mol. The van der Waals surface area contributed by atoms with Crippen molar-refractivity contribution in [1.29, 1.82) is 0 Å². The molecule has 0 fully saturated rings. The van der Waals surface area contributed by atoms with E-state index in [2.05, 4.69) is 37.6 Å². The molecule has 0 aliphatic heterocycles. The smallest absolute Gasteiger partial charge is 0.0236 e. The Morgan fingerprint density at radius 1 is 1.10 bits per heavy atom. The van der Waals surface area contributed by atoms with Gasteiger partial charge >= 0.3 is 0 Å². The second-order valence-electron chi connectivity index (χ2n) is 3.88. The van der Waals surface area contributed by atoms with E-state index in [0.717, 1.165) is 0 Å². The molecule has 0 atom stereocenters. The summed E-state index contributed by atoms with van der Waals surface area (Å²) >= 11 is 0. The van der Waals surface area contributed by atoms with Crippen LogP contribution >= 0.6 is 0 Å². The molecule has 1 rings (SSSR count). The zero-order valence-electron chi connectivity index (χ0n) is 6.83. The van der Waals surface area contributed by atoms with Crippen LogP contribution in [0.4, 0.5) is 0 Å². The first-order valence-corrected chi connectivity index (χ1v) is 3.78. The van der Waals surface area contributed by atoms with Gasteiger partial charge in [-0.1, -0.05) is 12.1 Å². The predicted molar refractivity (Wildman–Crippen MR) is 47.2 cm³/mol. The maximum Gasteiger partial charge on any atom is 0.0236 e. The minimum Gasteiger partial charge on any atom is -0.265 e. The van der Waals surface area contributed by atoms with Gasteiger partial charge in [-0.15, -0.1) is 0 Å².